The third-order valence-electron chi connectivity index (χ3n) is 5.16. The molecule has 1 aliphatic heterocycles. The fourth-order valence-electron chi connectivity index (χ4n) is 3.84. The number of hydrogen-bond donors (Lipinski definition) is 1. The first-order valence-electron chi connectivity index (χ1n) is 9.73. The summed E-state index contributed by atoms with van der Waals surface area (Å²) in [5.74, 6) is 0.437. The quantitative estimate of drug-likeness (QED) is 0.591. The Bertz CT molecular complexity index is 993. The van der Waals surface area contributed by atoms with Crippen LogP contribution in [0.25, 0.3) is 0 Å². The van der Waals surface area contributed by atoms with E-state index >= 15 is 0 Å². The molecule has 0 aromatic heterocycles. The number of carbonyl (C=O) groups is 1. The van der Waals surface area contributed by atoms with Crippen LogP contribution >= 0.6 is 11.6 Å². The molecule has 5 heteroatoms. The summed E-state index contributed by atoms with van der Waals surface area (Å²) in [4.78, 5) is 14.9. The molecule has 1 aliphatic rings. The summed E-state index contributed by atoms with van der Waals surface area (Å²) in [5.41, 5.74) is 3.11. The Morgan fingerprint density at radius 2 is 1.72 bits per heavy atom. The molecule has 1 heterocycles. The van der Waals surface area contributed by atoms with Gasteiger partial charge in [0.1, 0.15) is 5.75 Å². The number of halogens is 1. The second-order valence-electron chi connectivity index (χ2n) is 7.19. The Morgan fingerprint density at radius 1 is 1.03 bits per heavy atom. The van der Waals surface area contributed by atoms with Crippen molar-refractivity contribution in [3.8, 4) is 5.75 Å². The number of anilines is 2. The van der Waals surface area contributed by atoms with Crippen molar-refractivity contribution < 1.29 is 9.53 Å². The summed E-state index contributed by atoms with van der Waals surface area (Å²) in [6, 6.07) is 25.6. The van der Waals surface area contributed by atoms with Gasteiger partial charge < -0.3 is 15.0 Å². The number of nitrogens with zero attached hydrogens (tertiary/aromatic N) is 1. The van der Waals surface area contributed by atoms with Gasteiger partial charge >= 0.3 is 0 Å². The highest BCUT2D eigenvalue weighted by Crippen LogP contribution is 2.39. The molecule has 4 rings (SSSR count). The van der Waals surface area contributed by atoms with E-state index in [1.165, 1.54) is 0 Å². The molecule has 148 valence electrons. The van der Waals surface area contributed by atoms with Crippen molar-refractivity contribution in [3.05, 3.63) is 89.4 Å². The van der Waals surface area contributed by atoms with E-state index in [1.54, 1.807) is 12.1 Å². The summed E-state index contributed by atoms with van der Waals surface area (Å²) < 4.78 is 5.70. The zero-order valence-corrected chi connectivity index (χ0v) is 17.0. The number of hydrogen-bond acceptors (Lipinski definition) is 3. The standard InChI is InChI=1S/C24H23ClN2O2/c1-17-15-21(26-18-9-3-2-4-10-18)19-11-5-7-13-22(19)27(17)24(28)16-29-23-14-8-6-12-20(23)25/h2-14,17,21,26H,15-16H2,1H3/t17-,21+/m0/s1. The van der Waals surface area contributed by atoms with E-state index in [-0.39, 0.29) is 24.6 Å². The Kier molecular flexibility index (Phi) is 5.72. The Labute approximate surface area is 176 Å². The van der Waals surface area contributed by atoms with Crippen LogP contribution in [0.15, 0.2) is 78.9 Å². The van der Waals surface area contributed by atoms with Gasteiger partial charge in [-0.05, 0) is 49.2 Å². The molecule has 0 unspecified atom stereocenters. The van der Waals surface area contributed by atoms with E-state index in [4.69, 9.17) is 16.3 Å². The van der Waals surface area contributed by atoms with Gasteiger partial charge in [-0.1, -0.05) is 60.1 Å². The molecule has 4 nitrogen and oxygen atoms in total. The monoisotopic (exact) mass is 406 g/mol. The number of carbonyl (C=O) groups excluding carboxylic acids is 1. The molecule has 0 aliphatic carbocycles. The first kappa shape index (κ1) is 19.3. The van der Waals surface area contributed by atoms with Crippen LogP contribution in [0.1, 0.15) is 24.9 Å². The molecule has 0 saturated carbocycles. The maximum atomic E-state index is 13.1. The third kappa shape index (κ3) is 4.22. The summed E-state index contributed by atoms with van der Waals surface area (Å²) in [6.07, 6.45) is 0.809. The molecule has 29 heavy (non-hydrogen) atoms. The minimum Gasteiger partial charge on any atom is -0.482 e. The minimum atomic E-state index is -0.0805. The second kappa shape index (κ2) is 8.58. The number of fused-ring (bicyclic) bond motifs is 1. The zero-order valence-electron chi connectivity index (χ0n) is 16.2. The molecule has 3 aromatic rings. The van der Waals surface area contributed by atoms with Crippen molar-refractivity contribution in [1.82, 2.24) is 0 Å². The summed E-state index contributed by atoms with van der Waals surface area (Å²) in [7, 11) is 0. The summed E-state index contributed by atoms with van der Waals surface area (Å²) in [5, 5.41) is 4.11. The van der Waals surface area contributed by atoms with E-state index < -0.39 is 0 Å². The van der Waals surface area contributed by atoms with Gasteiger partial charge in [0.05, 0.1) is 11.1 Å². The van der Waals surface area contributed by atoms with Gasteiger partial charge in [-0.3, -0.25) is 4.79 Å². The highest BCUT2D eigenvalue weighted by molar-refractivity contribution is 6.32. The lowest BCUT2D eigenvalue weighted by molar-refractivity contribution is -0.121. The van der Waals surface area contributed by atoms with Crippen LogP contribution in [0, 0.1) is 0 Å². The van der Waals surface area contributed by atoms with Gasteiger partial charge in [-0.25, -0.2) is 0 Å². The largest absolute Gasteiger partial charge is 0.482 e. The highest BCUT2D eigenvalue weighted by Gasteiger charge is 2.33. The van der Waals surface area contributed by atoms with Gasteiger partial charge in [-0.2, -0.15) is 0 Å². The fraction of sp³-hybridized carbons (Fsp3) is 0.208. The second-order valence-corrected chi connectivity index (χ2v) is 7.60. The van der Waals surface area contributed by atoms with E-state index in [0.717, 1.165) is 23.4 Å². The third-order valence-corrected chi connectivity index (χ3v) is 5.47. The normalized spacial score (nSPS) is 18.1. The van der Waals surface area contributed by atoms with Crippen LogP contribution in [-0.2, 0) is 4.79 Å². The van der Waals surface area contributed by atoms with Crippen molar-refractivity contribution in [1.29, 1.82) is 0 Å². The predicted octanol–water partition coefficient (Wildman–Crippen LogP) is 5.70. The van der Waals surface area contributed by atoms with Gasteiger partial charge in [0, 0.05) is 17.4 Å². The van der Waals surface area contributed by atoms with Crippen molar-refractivity contribution in [2.24, 2.45) is 0 Å². The summed E-state index contributed by atoms with van der Waals surface area (Å²) >= 11 is 6.14. The van der Waals surface area contributed by atoms with Crippen molar-refractivity contribution in [3.63, 3.8) is 0 Å². The van der Waals surface area contributed by atoms with Crippen LogP contribution in [0.5, 0.6) is 5.75 Å². The van der Waals surface area contributed by atoms with Gasteiger partial charge in [-0.15, -0.1) is 0 Å². The van der Waals surface area contributed by atoms with Crippen LogP contribution in [-0.4, -0.2) is 18.6 Å². The molecule has 1 N–H and O–H groups in total. The molecule has 3 aromatic carbocycles. The Balaban J connectivity index is 1.55. The van der Waals surface area contributed by atoms with Crippen molar-refractivity contribution >= 4 is 28.9 Å². The number of nitrogens with one attached hydrogen (secondary N) is 1. The van der Waals surface area contributed by atoms with Crippen LogP contribution in [0.2, 0.25) is 5.02 Å². The maximum Gasteiger partial charge on any atom is 0.265 e. The van der Waals surface area contributed by atoms with Crippen molar-refractivity contribution in [2.45, 2.75) is 25.4 Å². The smallest absolute Gasteiger partial charge is 0.265 e. The lowest BCUT2D eigenvalue weighted by atomic mass is 9.91. The van der Waals surface area contributed by atoms with Gasteiger partial charge in [0.2, 0.25) is 0 Å². The first-order chi connectivity index (χ1) is 14.1. The SMILES string of the molecule is C[C@H]1C[C@@H](Nc2ccccc2)c2ccccc2N1C(=O)COc1ccccc1Cl. The zero-order chi connectivity index (χ0) is 20.2. The first-order valence-corrected chi connectivity index (χ1v) is 10.1. The lowest BCUT2D eigenvalue weighted by Crippen LogP contribution is -2.46. The molecular weight excluding hydrogens is 384 g/mol. The van der Waals surface area contributed by atoms with E-state index in [0.29, 0.717) is 10.8 Å². The molecule has 0 spiro atoms. The molecule has 1 amide bonds. The minimum absolute atomic E-state index is 0.0356. The van der Waals surface area contributed by atoms with E-state index in [1.807, 2.05) is 53.4 Å². The molecule has 0 saturated heterocycles. The van der Waals surface area contributed by atoms with Crippen LogP contribution < -0.4 is 15.0 Å². The summed E-state index contributed by atoms with van der Waals surface area (Å²) in [6.45, 7) is 2.02. The number of amides is 1. The van der Waals surface area contributed by atoms with Crippen LogP contribution in [0.4, 0.5) is 11.4 Å². The Morgan fingerprint density at radius 3 is 2.52 bits per heavy atom. The van der Waals surface area contributed by atoms with E-state index in [2.05, 4.69) is 30.4 Å². The fourth-order valence-corrected chi connectivity index (χ4v) is 4.03. The van der Waals surface area contributed by atoms with Gasteiger partial charge in [0.25, 0.3) is 5.91 Å². The molecule has 0 radical (unpaired) electrons. The number of benzene rings is 3. The number of para-hydroxylation sites is 3. The van der Waals surface area contributed by atoms with Crippen LogP contribution in [0.3, 0.4) is 0 Å². The average Bonchev–Trinajstić information content (AvgIpc) is 2.74. The highest BCUT2D eigenvalue weighted by atomic mass is 35.5. The number of rotatable bonds is 5. The maximum absolute atomic E-state index is 13.1. The number of ether oxygens (including phenoxy) is 1. The average molecular weight is 407 g/mol. The Hall–Kier alpha value is -2.98. The predicted molar refractivity (Wildman–Crippen MR) is 118 cm³/mol. The van der Waals surface area contributed by atoms with Crippen molar-refractivity contribution in [2.75, 3.05) is 16.8 Å². The molecular formula is C24H23ClN2O2. The molecule has 0 bridgehead atoms. The molecule has 0 fully saturated rings. The topological polar surface area (TPSA) is 41.6 Å². The van der Waals surface area contributed by atoms with Gasteiger partial charge in [0.15, 0.2) is 6.61 Å². The molecule has 2 atom stereocenters. The lowest BCUT2D eigenvalue weighted by Gasteiger charge is -2.40. The van der Waals surface area contributed by atoms with E-state index in [9.17, 15) is 4.79 Å².